The van der Waals surface area contributed by atoms with Gasteiger partial charge in [-0.05, 0) is 17.5 Å². The van der Waals surface area contributed by atoms with E-state index in [1.807, 2.05) is 60.7 Å². The molecule has 22 heavy (non-hydrogen) atoms. The van der Waals surface area contributed by atoms with E-state index in [-0.39, 0.29) is 11.8 Å². The molecule has 0 spiro atoms. The summed E-state index contributed by atoms with van der Waals surface area (Å²) in [6.07, 6.45) is 1.03. The third kappa shape index (κ3) is 3.55. The van der Waals surface area contributed by atoms with Crippen molar-refractivity contribution < 1.29 is 9.53 Å². The standard InChI is InChI=1S/C19H21NO2/c21-19(20-13-15-11-12-22-14-15)18(16-7-3-1-4-8-16)17-9-5-2-6-10-17/h1-10,15,18H,11-14H2,(H,20,21). The molecule has 1 aliphatic rings. The van der Waals surface area contributed by atoms with Crippen LogP contribution in [0.25, 0.3) is 0 Å². The number of hydrogen-bond acceptors (Lipinski definition) is 2. The minimum atomic E-state index is -0.260. The first-order valence-electron chi connectivity index (χ1n) is 7.80. The smallest absolute Gasteiger partial charge is 0.232 e. The van der Waals surface area contributed by atoms with E-state index in [4.69, 9.17) is 4.74 Å². The Hall–Kier alpha value is -2.13. The van der Waals surface area contributed by atoms with Crippen molar-refractivity contribution in [1.29, 1.82) is 0 Å². The molecule has 1 saturated heterocycles. The van der Waals surface area contributed by atoms with Gasteiger partial charge in [0.1, 0.15) is 0 Å². The highest BCUT2D eigenvalue weighted by molar-refractivity contribution is 5.87. The first kappa shape index (κ1) is 14.8. The van der Waals surface area contributed by atoms with Crippen LogP contribution in [0.4, 0.5) is 0 Å². The van der Waals surface area contributed by atoms with Crippen LogP contribution in [0, 0.1) is 5.92 Å². The van der Waals surface area contributed by atoms with E-state index in [9.17, 15) is 4.79 Å². The number of benzene rings is 2. The Labute approximate surface area is 131 Å². The zero-order valence-corrected chi connectivity index (χ0v) is 12.6. The molecular weight excluding hydrogens is 274 g/mol. The summed E-state index contributed by atoms with van der Waals surface area (Å²) in [6.45, 7) is 2.25. The number of carbonyl (C=O) groups excluding carboxylic acids is 1. The zero-order valence-electron chi connectivity index (χ0n) is 12.6. The predicted octanol–water partition coefficient (Wildman–Crippen LogP) is 2.97. The maximum Gasteiger partial charge on any atom is 0.232 e. The van der Waals surface area contributed by atoms with E-state index in [1.54, 1.807) is 0 Å². The van der Waals surface area contributed by atoms with Gasteiger partial charge in [0.15, 0.2) is 0 Å². The molecule has 1 unspecified atom stereocenters. The summed E-state index contributed by atoms with van der Waals surface area (Å²) in [6, 6.07) is 19.9. The Bertz CT molecular complexity index is 552. The topological polar surface area (TPSA) is 38.3 Å². The molecule has 3 heteroatoms. The van der Waals surface area contributed by atoms with Crippen LogP contribution < -0.4 is 5.32 Å². The summed E-state index contributed by atoms with van der Waals surface area (Å²) in [4.78, 5) is 12.7. The molecule has 0 bridgehead atoms. The maximum atomic E-state index is 12.7. The molecule has 114 valence electrons. The first-order valence-corrected chi connectivity index (χ1v) is 7.80. The minimum Gasteiger partial charge on any atom is -0.381 e. The maximum absolute atomic E-state index is 12.7. The third-order valence-corrected chi connectivity index (χ3v) is 4.12. The van der Waals surface area contributed by atoms with Crippen LogP contribution in [0.15, 0.2) is 60.7 Å². The van der Waals surface area contributed by atoms with Crippen molar-refractivity contribution >= 4 is 5.91 Å². The minimum absolute atomic E-state index is 0.0595. The third-order valence-electron chi connectivity index (χ3n) is 4.12. The lowest BCUT2D eigenvalue weighted by atomic mass is 9.90. The Morgan fingerprint density at radius 3 is 2.14 bits per heavy atom. The van der Waals surface area contributed by atoms with Crippen LogP contribution in [-0.2, 0) is 9.53 Å². The number of carbonyl (C=O) groups is 1. The predicted molar refractivity (Wildman–Crippen MR) is 86.7 cm³/mol. The van der Waals surface area contributed by atoms with Crippen molar-refractivity contribution in [1.82, 2.24) is 5.32 Å². The highest BCUT2D eigenvalue weighted by atomic mass is 16.5. The van der Waals surface area contributed by atoms with E-state index in [0.29, 0.717) is 12.5 Å². The van der Waals surface area contributed by atoms with E-state index in [0.717, 1.165) is 30.8 Å². The van der Waals surface area contributed by atoms with Crippen molar-refractivity contribution in [2.24, 2.45) is 5.92 Å². The fraction of sp³-hybridized carbons (Fsp3) is 0.316. The van der Waals surface area contributed by atoms with Gasteiger partial charge in [-0.15, -0.1) is 0 Å². The lowest BCUT2D eigenvalue weighted by molar-refractivity contribution is -0.121. The molecule has 2 aromatic rings. The van der Waals surface area contributed by atoms with Gasteiger partial charge in [-0.1, -0.05) is 60.7 Å². The molecule has 0 aromatic heterocycles. The van der Waals surface area contributed by atoms with Crippen LogP contribution >= 0.6 is 0 Å². The van der Waals surface area contributed by atoms with Gasteiger partial charge in [-0.2, -0.15) is 0 Å². The molecule has 0 aliphatic carbocycles. The summed E-state index contributed by atoms with van der Waals surface area (Å²) < 4.78 is 5.37. The molecule has 0 radical (unpaired) electrons. The second-order valence-electron chi connectivity index (χ2n) is 5.73. The molecule has 1 N–H and O–H groups in total. The summed E-state index contributed by atoms with van der Waals surface area (Å²) in [5, 5.41) is 3.10. The van der Waals surface area contributed by atoms with Crippen molar-refractivity contribution in [3.63, 3.8) is 0 Å². The van der Waals surface area contributed by atoms with E-state index < -0.39 is 0 Å². The normalized spacial score (nSPS) is 17.6. The summed E-state index contributed by atoms with van der Waals surface area (Å²) in [5.41, 5.74) is 2.04. The Morgan fingerprint density at radius 1 is 1.05 bits per heavy atom. The van der Waals surface area contributed by atoms with Gasteiger partial charge in [0.05, 0.1) is 12.5 Å². The molecule has 1 fully saturated rings. The molecule has 0 saturated carbocycles. The van der Waals surface area contributed by atoms with E-state index in [2.05, 4.69) is 5.32 Å². The second kappa shape index (κ2) is 7.23. The molecule has 1 aliphatic heterocycles. The lowest BCUT2D eigenvalue weighted by Gasteiger charge is -2.19. The Kier molecular flexibility index (Phi) is 4.86. The Balaban J connectivity index is 1.77. The van der Waals surface area contributed by atoms with Crippen molar-refractivity contribution in [3.8, 4) is 0 Å². The number of ether oxygens (including phenoxy) is 1. The fourth-order valence-electron chi connectivity index (χ4n) is 2.88. The molecule has 3 rings (SSSR count). The van der Waals surface area contributed by atoms with Crippen LogP contribution in [-0.4, -0.2) is 25.7 Å². The van der Waals surface area contributed by atoms with Crippen molar-refractivity contribution in [2.75, 3.05) is 19.8 Å². The van der Waals surface area contributed by atoms with E-state index in [1.165, 1.54) is 0 Å². The monoisotopic (exact) mass is 295 g/mol. The average molecular weight is 295 g/mol. The van der Waals surface area contributed by atoms with Gasteiger partial charge in [0, 0.05) is 19.1 Å². The number of rotatable bonds is 5. The number of amides is 1. The van der Waals surface area contributed by atoms with Gasteiger partial charge in [-0.25, -0.2) is 0 Å². The zero-order chi connectivity index (χ0) is 15.2. The summed E-state index contributed by atoms with van der Waals surface area (Å²) in [5.74, 6) is 0.241. The fourth-order valence-corrected chi connectivity index (χ4v) is 2.88. The number of hydrogen-bond donors (Lipinski definition) is 1. The molecule has 1 atom stereocenters. The van der Waals surface area contributed by atoms with Crippen molar-refractivity contribution in [2.45, 2.75) is 12.3 Å². The van der Waals surface area contributed by atoms with Crippen LogP contribution in [0.3, 0.4) is 0 Å². The lowest BCUT2D eigenvalue weighted by Crippen LogP contribution is -2.34. The molecule has 2 aromatic carbocycles. The number of nitrogens with one attached hydrogen (secondary N) is 1. The average Bonchev–Trinajstić information content (AvgIpc) is 3.09. The van der Waals surface area contributed by atoms with Crippen molar-refractivity contribution in [3.05, 3.63) is 71.8 Å². The van der Waals surface area contributed by atoms with Crippen LogP contribution in [0.5, 0.6) is 0 Å². The summed E-state index contributed by atoms with van der Waals surface area (Å²) >= 11 is 0. The summed E-state index contributed by atoms with van der Waals surface area (Å²) in [7, 11) is 0. The Morgan fingerprint density at radius 2 is 1.64 bits per heavy atom. The molecular formula is C19H21NO2. The van der Waals surface area contributed by atoms with Crippen LogP contribution in [0.2, 0.25) is 0 Å². The molecule has 1 heterocycles. The van der Waals surface area contributed by atoms with Gasteiger partial charge in [0.25, 0.3) is 0 Å². The SMILES string of the molecule is O=C(NCC1CCOC1)C(c1ccccc1)c1ccccc1. The highest BCUT2D eigenvalue weighted by Crippen LogP contribution is 2.25. The van der Waals surface area contributed by atoms with Crippen LogP contribution in [0.1, 0.15) is 23.5 Å². The van der Waals surface area contributed by atoms with Gasteiger partial charge in [-0.3, -0.25) is 4.79 Å². The van der Waals surface area contributed by atoms with E-state index >= 15 is 0 Å². The largest absolute Gasteiger partial charge is 0.381 e. The van der Waals surface area contributed by atoms with Gasteiger partial charge >= 0.3 is 0 Å². The van der Waals surface area contributed by atoms with Gasteiger partial charge in [0.2, 0.25) is 5.91 Å². The first-order chi connectivity index (χ1) is 10.8. The van der Waals surface area contributed by atoms with Gasteiger partial charge < -0.3 is 10.1 Å². The molecule has 1 amide bonds. The molecule has 3 nitrogen and oxygen atoms in total. The second-order valence-corrected chi connectivity index (χ2v) is 5.73. The highest BCUT2D eigenvalue weighted by Gasteiger charge is 2.24. The quantitative estimate of drug-likeness (QED) is 0.921.